The molecule has 3 saturated carbocycles. The summed E-state index contributed by atoms with van der Waals surface area (Å²) in [4.78, 5) is 34.9. The van der Waals surface area contributed by atoms with E-state index < -0.39 is 26.9 Å². The van der Waals surface area contributed by atoms with Crippen LogP contribution in [0.5, 0.6) is 0 Å². The molecule has 0 atom stereocenters. The van der Waals surface area contributed by atoms with Crippen molar-refractivity contribution < 1.29 is 29.6 Å². The maximum atomic E-state index is 12.1. The average Bonchev–Trinajstić information content (AvgIpc) is 4.04. The van der Waals surface area contributed by atoms with Gasteiger partial charge in [0.05, 0.1) is 34.4 Å². The van der Waals surface area contributed by atoms with E-state index in [1.807, 2.05) is 18.3 Å². The van der Waals surface area contributed by atoms with Gasteiger partial charge in [0.15, 0.2) is 18.2 Å². The summed E-state index contributed by atoms with van der Waals surface area (Å²) in [6, 6.07) is 8.99. The number of hydrogen-bond donors (Lipinski definition) is 5. The lowest BCUT2D eigenvalue weighted by Crippen LogP contribution is -2.45. The van der Waals surface area contributed by atoms with Crippen LogP contribution in [0.1, 0.15) is 77.0 Å². The van der Waals surface area contributed by atoms with E-state index in [0.29, 0.717) is 23.6 Å². The van der Waals surface area contributed by atoms with Crippen LogP contribution in [-0.4, -0.2) is 96.2 Å². The van der Waals surface area contributed by atoms with Crippen LogP contribution >= 0.6 is 0 Å². The van der Waals surface area contributed by atoms with Crippen LogP contribution in [0.25, 0.3) is 0 Å². The Morgan fingerprint density at radius 3 is 1.36 bits per heavy atom. The van der Waals surface area contributed by atoms with Crippen LogP contribution in [-0.2, 0) is 0 Å². The number of nitrogens with two attached hydrogens (primary N) is 1. The minimum Gasteiger partial charge on any atom is -0.390 e. The first kappa shape index (κ1) is 41.1. The van der Waals surface area contributed by atoms with Crippen molar-refractivity contribution in [3.8, 4) is 0 Å². The minimum absolute atomic E-state index is 0.129. The molecule has 304 valence electrons. The molecule has 3 aromatic heterocycles. The smallest absolute Gasteiger partial charge is 0.363 e. The van der Waals surface area contributed by atoms with E-state index >= 15 is 0 Å². The molecule has 6 aliphatic rings. The summed E-state index contributed by atoms with van der Waals surface area (Å²) in [5, 5.41) is 54.6. The van der Waals surface area contributed by atoms with E-state index in [4.69, 9.17) is 5.73 Å². The Hall–Kier alpha value is -4.58. The maximum absolute atomic E-state index is 12.1. The van der Waals surface area contributed by atoms with Crippen LogP contribution in [0, 0.1) is 43.8 Å². The molecule has 17 heteroatoms. The summed E-state index contributed by atoms with van der Waals surface area (Å²) in [6.07, 6.45) is 16.6. The monoisotopic (exact) mass is 779 g/mol. The van der Waals surface area contributed by atoms with Gasteiger partial charge in [-0.15, -0.1) is 0 Å². The molecule has 3 aliphatic carbocycles. The summed E-state index contributed by atoms with van der Waals surface area (Å²) in [5.74, 6) is 1.20. The van der Waals surface area contributed by atoms with Gasteiger partial charge in [-0.1, -0.05) is 0 Å². The van der Waals surface area contributed by atoms with Crippen molar-refractivity contribution in [2.75, 3.05) is 54.8 Å². The van der Waals surface area contributed by atoms with Gasteiger partial charge in [-0.05, 0) is 152 Å². The highest BCUT2D eigenvalue weighted by atomic mass is 19.1. The van der Waals surface area contributed by atoms with Crippen LogP contribution in [0.15, 0.2) is 55.0 Å². The molecule has 0 unspecified atom stereocenters. The van der Waals surface area contributed by atoms with Crippen LogP contribution < -0.4 is 20.9 Å². The summed E-state index contributed by atoms with van der Waals surface area (Å²) in [6.45, 7) is 5.41. The molecule has 6 fully saturated rings. The van der Waals surface area contributed by atoms with Crippen molar-refractivity contribution in [2.24, 2.45) is 17.8 Å². The second-order valence-corrected chi connectivity index (χ2v) is 16.0. The van der Waals surface area contributed by atoms with E-state index in [1.165, 1.54) is 31.7 Å². The van der Waals surface area contributed by atoms with Gasteiger partial charge in [-0.3, -0.25) is 0 Å². The zero-order valence-electron chi connectivity index (χ0n) is 31.7. The van der Waals surface area contributed by atoms with Crippen molar-refractivity contribution >= 4 is 28.8 Å². The highest BCUT2D eigenvalue weighted by Gasteiger charge is 2.47. The molecule has 0 bridgehead atoms. The van der Waals surface area contributed by atoms with Gasteiger partial charge in [0.1, 0.15) is 5.82 Å². The molecule has 6 heterocycles. The number of piperidine rings is 3. The number of anilines is 3. The number of aromatic nitrogens is 3. The third-order valence-corrected chi connectivity index (χ3v) is 12.1. The summed E-state index contributed by atoms with van der Waals surface area (Å²) in [5.41, 5.74) is 6.43. The predicted octanol–water partition coefficient (Wildman–Crippen LogP) is 4.78. The Balaban J connectivity index is 0.000000132. The Bertz CT molecular complexity index is 1740. The number of nitrogens with one attached hydrogen (secondary N) is 1. The number of pyridine rings is 3. The quantitative estimate of drug-likeness (QED) is 0.161. The number of halogens is 1. The third-order valence-electron chi connectivity index (χ3n) is 12.1. The fourth-order valence-corrected chi connectivity index (χ4v) is 7.98. The number of aliphatic hydroxyl groups is 3. The van der Waals surface area contributed by atoms with Crippen molar-refractivity contribution in [3.05, 3.63) is 81.0 Å². The number of nitro groups is 2. The molecule has 3 aliphatic heterocycles. The molecule has 9 rings (SSSR count). The number of rotatable bonds is 7. The highest BCUT2D eigenvalue weighted by Crippen LogP contribution is 2.47. The first-order valence-electron chi connectivity index (χ1n) is 19.7. The first-order chi connectivity index (χ1) is 26.8. The van der Waals surface area contributed by atoms with Gasteiger partial charge >= 0.3 is 11.6 Å². The van der Waals surface area contributed by atoms with Gasteiger partial charge < -0.3 is 56.4 Å². The number of nitrogens with zero attached hydrogens (tertiary/aromatic N) is 7. The van der Waals surface area contributed by atoms with Crippen molar-refractivity contribution in [3.63, 3.8) is 0 Å². The second kappa shape index (κ2) is 17.7. The SMILES string of the molecule is Nc1ccc(N2CCC(O)(C3CC3)CC2)cn1.O=[N+]([O-])c1ccc(F)cn1.O=[N+]([O-])c1ccc(N2CCC(O)(C3CC3)CC2)cn1.OC1(C2CC2)CCNCC1. The van der Waals surface area contributed by atoms with Gasteiger partial charge in [0.25, 0.3) is 0 Å². The van der Waals surface area contributed by atoms with Crippen molar-refractivity contribution in [1.82, 2.24) is 20.3 Å². The average molecular weight is 780 g/mol. The van der Waals surface area contributed by atoms with Crippen molar-refractivity contribution in [2.45, 2.75) is 93.9 Å². The summed E-state index contributed by atoms with van der Waals surface area (Å²) < 4.78 is 12.1. The Labute approximate surface area is 325 Å². The van der Waals surface area contributed by atoms with E-state index in [1.54, 1.807) is 12.3 Å². The summed E-state index contributed by atoms with van der Waals surface area (Å²) >= 11 is 0. The topological polar surface area (TPSA) is 230 Å². The largest absolute Gasteiger partial charge is 0.390 e. The molecule has 3 aromatic rings. The minimum atomic E-state index is -0.681. The zero-order chi connectivity index (χ0) is 39.9. The summed E-state index contributed by atoms with van der Waals surface area (Å²) in [7, 11) is 0. The maximum Gasteiger partial charge on any atom is 0.363 e. The van der Waals surface area contributed by atoms with Gasteiger partial charge in [-0.2, -0.15) is 0 Å². The Morgan fingerprint density at radius 1 is 0.625 bits per heavy atom. The lowest BCUT2D eigenvalue weighted by atomic mass is 9.86. The number of nitrogen functional groups attached to an aromatic ring is 1. The predicted molar refractivity (Wildman–Crippen MR) is 208 cm³/mol. The van der Waals surface area contributed by atoms with E-state index in [9.17, 15) is 39.9 Å². The van der Waals surface area contributed by atoms with Crippen LogP contribution in [0.2, 0.25) is 0 Å². The van der Waals surface area contributed by atoms with Crippen molar-refractivity contribution in [1.29, 1.82) is 0 Å². The molecule has 0 amide bonds. The third kappa shape index (κ3) is 11.0. The van der Waals surface area contributed by atoms with Crippen LogP contribution in [0.4, 0.5) is 33.2 Å². The normalized spacial score (nSPS) is 22.1. The highest BCUT2D eigenvalue weighted by molar-refractivity contribution is 5.49. The molecular weight excluding hydrogens is 725 g/mol. The Morgan fingerprint density at radius 2 is 1.02 bits per heavy atom. The molecule has 56 heavy (non-hydrogen) atoms. The zero-order valence-corrected chi connectivity index (χ0v) is 31.7. The first-order valence-corrected chi connectivity index (χ1v) is 19.7. The number of hydrogen-bond acceptors (Lipinski definition) is 14. The van der Waals surface area contributed by atoms with Gasteiger partial charge in [-0.25, -0.2) is 9.37 Å². The van der Waals surface area contributed by atoms with Gasteiger partial charge in [0.2, 0.25) is 0 Å². The lowest BCUT2D eigenvalue weighted by Gasteiger charge is -2.39. The fraction of sp³-hybridized carbons (Fsp3) is 0.615. The molecule has 0 aromatic carbocycles. The van der Waals surface area contributed by atoms with Gasteiger partial charge in [0, 0.05) is 38.3 Å². The fourth-order valence-electron chi connectivity index (χ4n) is 7.98. The van der Waals surface area contributed by atoms with E-state index in [0.717, 1.165) is 120 Å². The molecule has 16 nitrogen and oxygen atoms in total. The molecule has 0 radical (unpaired) electrons. The second-order valence-electron chi connectivity index (χ2n) is 16.0. The molecule has 6 N–H and O–H groups in total. The molecule has 3 saturated heterocycles. The van der Waals surface area contributed by atoms with E-state index in [-0.39, 0.29) is 17.2 Å². The standard InChI is InChI=1S/C13H17N3O3.C13H19N3O.C8H15NO.C5H3FN2O2/c17-13(10-1-2-10)5-7-15(8-6-13)11-3-4-12(14-9-11)16(18)19;14-12-4-3-11(9-15-12)16-7-5-13(17,6-8-16)10-1-2-10;10-8(7-1-2-7)3-5-9-6-4-8;6-4-1-2-5(7-3-4)8(9)10/h3-4,9-10,17H,1-2,5-8H2;3-4,9-10,17H,1-2,5-8H2,(H2,14,15);7,9-10H,1-6H2;1-3H. The molecular formula is C39H54FN9O7. The van der Waals surface area contributed by atoms with Crippen LogP contribution in [0.3, 0.4) is 0 Å². The molecule has 0 spiro atoms. The Kier molecular flexibility index (Phi) is 13.0. The van der Waals surface area contributed by atoms with E-state index in [2.05, 4.69) is 30.1 Å². The lowest BCUT2D eigenvalue weighted by molar-refractivity contribution is -0.389.